The Balaban J connectivity index is 3.07. The molecule has 0 aliphatic carbocycles. The summed E-state index contributed by atoms with van der Waals surface area (Å²) in [6.45, 7) is 3.76. The van der Waals surface area contributed by atoms with E-state index in [-0.39, 0.29) is 24.0 Å². The third kappa shape index (κ3) is 3.43. The van der Waals surface area contributed by atoms with Gasteiger partial charge in [-0.05, 0) is 31.0 Å². The smallest absolute Gasteiger partial charge is 0.310 e. The van der Waals surface area contributed by atoms with Crippen LogP contribution in [0.3, 0.4) is 0 Å². The maximum Gasteiger partial charge on any atom is 0.310 e. The molecular formula is C12H14ClNO4. The highest BCUT2D eigenvalue weighted by Crippen LogP contribution is 2.25. The number of carbonyl (C=O) groups is 1. The Morgan fingerprint density at radius 3 is 2.61 bits per heavy atom. The first-order valence-corrected chi connectivity index (χ1v) is 6.01. The lowest BCUT2D eigenvalue weighted by atomic mass is 10.0. The predicted octanol–water partition coefficient (Wildman–Crippen LogP) is 2.75. The minimum Gasteiger partial charge on any atom is -0.466 e. The monoisotopic (exact) mass is 271 g/mol. The summed E-state index contributed by atoms with van der Waals surface area (Å²) in [4.78, 5) is 21.7. The SMILES string of the molecule is CCOC(=O)Cc1cc(CCl)c([N+](=O)[O-])cc1C. The zero-order valence-electron chi connectivity index (χ0n) is 10.2. The number of carbonyl (C=O) groups excluding carboxylic acids is 1. The zero-order valence-corrected chi connectivity index (χ0v) is 11.0. The molecule has 1 aromatic carbocycles. The van der Waals surface area contributed by atoms with E-state index in [4.69, 9.17) is 16.3 Å². The Morgan fingerprint density at radius 2 is 2.11 bits per heavy atom. The van der Waals surface area contributed by atoms with Crippen LogP contribution in [0.25, 0.3) is 0 Å². The average Bonchev–Trinajstić information content (AvgIpc) is 2.31. The van der Waals surface area contributed by atoms with Crippen molar-refractivity contribution in [2.24, 2.45) is 0 Å². The molecule has 0 spiro atoms. The van der Waals surface area contributed by atoms with E-state index < -0.39 is 4.92 Å². The van der Waals surface area contributed by atoms with Crippen LogP contribution in [0, 0.1) is 17.0 Å². The largest absolute Gasteiger partial charge is 0.466 e. The number of hydrogen-bond donors (Lipinski definition) is 0. The molecule has 98 valence electrons. The number of aryl methyl sites for hydroxylation is 1. The fourth-order valence-corrected chi connectivity index (χ4v) is 1.84. The Bertz CT molecular complexity index is 473. The van der Waals surface area contributed by atoms with Gasteiger partial charge in [0.05, 0.1) is 23.8 Å². The molecule has 0 atom stereocenters. The van der Waals surface area contributed by atoms with Gasteiger partial charge in [0.1, 0.15) is 0 Å². The lowest BCUT2D eigenvalue weighted by molar-refractivity contribution is -0.385. The minimum atomic E-state index is -0.473. The number of esters is 1. The molecule has 0 aliphatic rings. The maximum atomic E-state index is 11.4. The standard InChI is InChI=1S/C12H14ClNO4/c1-3-18-12(15)6-9-5-10(7-13)11(14(16)17)4-8(9)2/h4-5H,3,6-7H2,1-2H3. The molecule has 0 N–H and O–H groups in total. The molecule has 18 heavy (non-hydrogen) atoms. The molecule has 6 heteroatoms. The van der Waals surface area contributed by atoms with Crippen molar-refractivity contribution in [2.45, 2.75) is 26.1 Å². The van der Waals surface area contributed by atoms with Crippen LogP contribution >= 0.6 is 11.6 Å². The summed E-state index contributed by atoms with van der Waals surface area (Å²) in [6, 6.07) is 3.03. The number of halogens is 1. The lowest BCUT2D eigenvalue weighted by Gasteiger charge is -2.08. The summed E-state index contributed by atoms with van der Waals surface area (Å²) in [7, 11) is 0. The van der Waals surface area contributed by atoms with Crippen molar-refractivity contribution in [3.8, 4) is 0 Å². The lowest BCUT2D eigenvalue weighted by Crippen LogP contribution is -2.09. The summed E-state index contributed by atoms with van der Waals surface area (Å²) in [6.07, 6.45) is 0.0988. The molecule has 0 saturated heterocycles. The second-order valence-corrected chi connectivity index (χ2v) is 4.05. The summed E-state index contributed by atoms with van der Waals surface area (Å²) >= 11 is 5.68. The molecule has 1 aromatic rings. The Kier molecular flexibility index (Phi) is 5.09. The van der Waals surface area contributed by atoms with E-state index in [0.717, 1.165) is 0 Å². The van der Waals surface area contributed by atoms with Gasteiger partial charge in [-0.15, -0.1) is 11.6 Å². The van der Waals surface area contributed by atoms with Crippen molar-refractivity contribution in [3.63, 3.8) is 0 Å². The van der Waals surface area contributed by atoms with Gasteiger partial charge in [-0.25, -0.2) is 0 Å². The first kappa shape index (κ1) is 14.4. The molecule has 0 amide bonds. The third-order valence-electron chi connectivity index (χ3n) is 2.52. The van der Waals surface area contributed by atoms with E-state index >= 15 is 0 Å². The molecule has 0 heterocycles. The van der Waals surface area contributed by atoms with Crippen LogP contribution in [0.4, 0.5) is 5.69 Å². The Morgan fingerprint density at radius 1 is 1.44 bits per heavy atom. The van der Waals surface area contributed by atoms with E-state index in [1.807, 2.05) is 0 Å². The van der Waals surface area contributed by atoms with E-state index in [1.165, 1.54) is 6.07 Å². The molecule has 0 radical (unpaired) electrons. The van der Waals surface area contributed by atoms with Gasteiger partial charge < -0.3 is 4.74 Å². The summed E-state index contributed by atoms with van der Waals surface area (Å²) < 4.78 is 4.85. The first-order chi connectivity index (χ1) is 8.49. The second kappa shape index (κ2) is 6.35. The van der Waals surface area contributed by atoms with Crippen molar-refractivity contribution < 1.29 is 14.5 Å². The van der Waals surface area contributed by atoms with Gasteiger partial charge in [0.15, 0.2) is 0 Å². The van der Waals surface area contributed by atoms with Gasteiger partial charge in [0.2, 0.25) is 0 Å². The van der Waals surface area contributed by atoms with Gasteiger partial charge in [0, 0.05) is 11.6 Å². The fourth-order valence-electron chi connectivity index (χ4n) is 1.62. The van der Waals surface area contributed by atoms with E-state index in [9.17, 15) is 14.9 Å². The third-order valence-corrected chi connectivity index (χ3v) is 2.81. The maximum absolute atomic E-state index is 11.4. The first-order valence-electron chi connectivity index (χ1n) is 5.48. The topological polar surface area (TPSA) is 69.4 Å². The van der Waals surface area contributed by atoms with Gasteiger partial charge in [-0.2, -0.15) is 0 Å². The van der Waals surface area contributed by atoms with Crippen LogP contribution < -0.4 is 0 Å². The predicted molar refractivity (Wildman–Crippen MR) is 67.7 cm³/mol. The molecule has 0 saturated carbocycles. The van der Waals surface area contributed by atoms with Crippen molar-refractivity contribution in [2.75, 3.05) is 6.61 Å². The van der Waals surface area contributed by atoms with Crippen LogP contribution in [0.5, 0.6) is 0 Å². The number of nitro benzene ring substituents is 1. The molecule has 0 fully saturated rings. The summed E-state index contributed by atoms with van der Waals surface area (Å²) in [5.74, 6) is -0.318. The average molecular weight is 272 g/mol. The fraction of sp³-hybridized carbons (Fsp3) is 0.417. The number of alkyl halides is 1. The highest BCUT2D eigenvalue weighted by Gasteiger charge is 2.17. The van der Waals surface area contributed by atoms with Crippen LogP contribution in [0.15, 0.2) is 12.1 Å². The van der Waals surface area contributed by atoms with E-state index in [0.29, 0.717) is 23.3 Å². The van der Waals surface area contributed by atoms with Crippen LogP contribution in [0.1, 0.15) is 23.6 Å². The van der Waals surface area contributed by atoms with Crippen molar-refractivity contribution in [1.29, 1.82) is 0 Å². The highest BCUT2D eigenvalue weighted by molar-refractivity contribution is 6.17. The normalized spacial score (nSPS) is 10.2. The minimum absolute atomic E-state index is 0.0184. The number of nitro groups is 1. The van der Waals surface area contributed by atoms with E-state index in [1.54, 1.807) is 19.9 Å². The van der Waals surface area contributed by atoms with E-state index in [2.05, 4.69) is 0 Å². The van der Waals surface area contributed by atoms with Crippen molar-refractivity contribution >= 4 is 23.3 Å². The van der Waals surface area contributed by atoms with Crippen LogP contribution in [0.2, 0.25) is 0 Å². The van der Waals surface area contributed by atoms with Crippen molar-refractivity contribution in [3.05, 3.63) is 38.9 Å². The quantitative estimate of drug-likeness (QED) is 0.357. The highest BCUT2D eigenvalue weighted by atomic mass is 35.5. The van der Waals surface area contributed by atoms with Gasteiger partial charge in [-0.3, -0.25) is 14.9 Å². The molecule has 0 aliphatic heterocycles. The molecule has 1 rings (SSSR count). The number of hydrogen-bond acceptors (Lipinski definition) is 4. The second-order valence-electron chi connectivity index (χ2n) is 3.78. The summed E-state index contributed by atoms with van der Waals surface area (Å²) in [5.41, 5.74) is 1.78. The molecule has 0 unspecified atom stereocenters. The van der Waals surface area contributed by atoms with Crippen LogP contribution in [-0.4, -0.2) is 17.5 Å². The number of rotatable bonds is 5. The van der Waals surface area contributed by atoms with Gasteiger partial charge in [0.25, 0.3) is 5.69 Å². The molecule has 0 bridgehead atoms. The number of benzene rings is 1. The Labute approximate surface area is 110 Å². The summed E-state index contributed by atoms with van der Waals surface area (Å²) in [5, 5.41) is 10.8. The number of nitrogens with zero attached hydrogens (tertiary/aromatic N) is 1. The number of ether oxygens (including phenoxy) is 1. The zero-order chi connectivity index (χ0) is 13.7. The molecule has 0 aromatic heterocycles. The van der Waals surface area contributed by atoms with Crippen LogP contribution in [-0.2, 0) is 21.8 Å². The molecule has 5 nitrogen and oxygen atoms in total. The van der Waals surface area contributed by atoms with Crippen molar-refractivity contribution in [1.82, 2.24) is 0 Å². The van der Waals surface area contributed by atoms with Gasteiger partial charge >= 0.3 is 5.97 Å². The molecular weight excluding hydrogens is 258 g/mol. The van der Waals surface area contributed by atoms with Gasteiger partial charge in [-0.1, -0.05) is 0 Å². The Hall–Kier alpha value is -1.62.